The molecule has 7 heteroatoms. The summed E-state index contributed by atoms with van der Waals surface area (Å²) in [4.78, 5) is 20.0. The van der Waals surface area contributed by atoms with Crippen molar-refractivity contribution in [2.24, 2.45) is 0 Å². The van der Waals surface area contributed by atoms with E-state index in [4.69, 9.17) is 11.6 Å². The molecule has 0 saturated heterocycles. The number of fused-ring (bicyclic) bond motifs is 1. The van der Waals surface area contributed by atoms with Crippen molar-refractivity contribution in [3.05, 3.63) is 53.1 Å². The SMILES string of the molecule is C=CC(=O)Nc1ccc(C)cc1Nc1nc(Cl)nc2ccsc12. The smallest absolute Gasteiger partial charge is 0.247 e. The van der Waals surface area contributed by atoms with Crippen LogP contribution >= 0.6 is 22.9 Å². The Balaban J connectivity index is 2.04. The second-order valence-corrected chi connectivity index (χ2v) is 6.10. The zero-order valence-corrected chi connectivity index (χ0v) is 13.8. The van der Waals surface area contributed by atoms with Crippen molar-refractivity contribution in [1.29, 1.82) is 0 Å². The van der Waals surface area contributed by atoms with Crippen LogP contribution in [0.2, 0.25) is 5.28 Å². The largest absolute Gasteiger partial charge is 0.337 e. The number of aromatic nitrogens is 2. The van der Waals surface area contributed by atoms with E-state index in [1.807, 2.05) is 36.6 Å². The number of amides is 1. The molecule has 3 aromatic rings. The van der Waals surface area contributed by atoms with Gasteiger partial charge in [0.15, 0.2) is 5.82 Å². The van der Waals surface area contributed by atoms with E-state index in [1.54, 1.807) is 0 Å². The predicted octanol–water partition coefficient (Wildman–Crippen LogP) is 4.52. The third-order valence-electron chi connectivity index (χ3n) is 3.15. The number of halogens is 1. The average Bonchev–Trinajstić information content (AvgIpc) is 2.98. The van der Waals surface area contributed by atoms with E-state index in [-0.39, 0.29) is 11.2 Å². The molecule has 0 aliphatic rings. The van der Waals surface area contributed by atoms with E-state index < -0.39 is 0 Å². The van der Waals surface area contributed by atoms with Gasteiger partial charge < -0.3 is 10.6 Å². The summed E-state index contributed by atoms with van der Waals surface area (Å²) in [6.45, 7) is 5.43. The molecular formula is C16H13ClN4OS. The number of hydrogen-bond acceptors (Lipinski definition) is 5. The fraction of sp³-hybridized carbons (Fsp3) is 0.0625. The fourth-order valence-electron chi connectivity index (χ4n) is 2.10. The molecule has 0 aliphatic carbocycles. The first kappa shape index (κ1) is 15.5. The molecule has 0 atom stereocenters. The van der Waals surface area contributed by atoms with Gasteiger partial charge in [-0.15, -0.1) is 11.3 Å². The molecule has 5 nitrogen and oxygen atoms in total. The summed E-state index contributed by atoms with van der Waals surface area (Å²) in [5.74, 6) is 0.327. The van der Waals surface area contributed by atoms with Crippen LogP contribution in [0.5, 0.6) is 0 Å². The summed E-state index contributed by atoms with van der Waals surface area (Å²) >= 11 is 7.50. The average molecular weight is 345 g/mol. The quantitative estimate of drug-likeness (QED) is 0.539. The van der Waals surface area contributed by atoms with Gasteiger partial charge in [-0.25, -0.2) is 4.98 Å². The molecule has 0 aliphatic heterocycles. The Labute approximate surface area is 142 Å². The summed E-state index contributed by atoms with van der Waals surface area (Å²) in [7, 11) is 0. The van der Waals surface area contributed by atoms with E-state index in [9.17, 15) is 4.79 Å². The van der Waals surface area contributed by atoms with Crippen molar-refractivity contribution >= 4 is 56.3 Å². The zero-order chi connectivity index (χ0) is 16.4. The summed E-state index contributed by atoms with van der Waals surface area (Å²) in [5.41, 5.74) is 3.19. The molecular weight excluding hydrogens is 332 g/mol. The minimum Gasteiger partial charge on any atom is -0.337 e. The lowest BCUT2D eigenvalue weighted by Gasteiger charge is -2.13. The van der Waals surface area contributed by atoms with Crippen molar-refractivity contribution in [2.75, 3.05) is 10.6 Å². The topological polar surface area (TPSA) is 66.9 Å². The summed E-state index contributed by atoms with van der Waals surface area (Å²) in [6.07, 6.45) is 1.22. The number of benzene rings is 1. The number of rotatable bonds is 4. The monoisotopic (exact) mass is 344 g/mol. The number of carbonyl (C=O) groups excluding carboxylic acids is 1. The highest BCUT2D eigenvalue weighted by Gasteiger charge is 2.11. The Kier molecular flexibility index (Phi) is 4.27. The summed E-state index contributed by atoms with van der Waals surface area (Å²) in [6, 6.07) is 7.55. The maximum atomic E-state index is 11.6. The third-order valence-corrected chi connectivity index (χ3v) is 4.23. The predicted molar refractivity (Wildman–Crippen MR) is 95.7 cm³/mol. The number of anilines is 3. The number of thiophene rings is 1. The van der Waals surface area contributed by atoms with E-state index >= 15 is 0 Å². The zero-order valence-electron chi connectivity index (χ0n) is 12.3. The number of hydrogen-bond donors (Lipinski definition) is 2. The summed E-state index contributed by atoms with van der Waals surface area (Å²) < 4.78 is 0.900. The van der Waals surface area contributed by atoms with E-state index in [1.165, 1.54) is 17.4 Å². The fourth-order valence-corrected chi connectivity index (χ4v) is 3.05. The van der Waals surface area contributed by atoms with Crippen LogP contribution in [0.25, 0.3) is 10.2 Å². The first-order valence-corrected chi connectivity index (χ1v) is 8.04. The highest BCUT2D eigenvalue weighted by Crippen LogP contribution is 2.32. The van der Waals surface area contributed by atoms with Crippen molar-refractivity contribution in [3.8, 4) is 0 Å². The Hall–Kier alpha value is -2.44. The number of carbonyl (C=O) groups is 1. The van der Waals surface area contributed by atoms with Crippen LogP contribution in [0.15, 0.2) is 42.3 Å². The molecule has 3 rings (SSSR count). The van der Waals surface area contributed by atoms with Gasteiger partial charge in [-0.3, -0.25) is 4.79 Å². The Morgan fingerprint density at radius 3 is 2.91 bits per heavy atom. The van der Waals surface area contributed by atoms with Crippen LogP contribution in [0.3, 0.4) is 0 Å². The van der Waals surface area contributed by atoms with Gasteiger partial charge in [0.2, 0.25) is 11.2 Å². The van der Waals surface area contributed by atoms with Gasteiger partial charge in [-0.1, -0.05) is 12.6 Å². The maximum Gasteiger partial charge on any atom is 0.247 e. The molecule has 0 spiro atoms. The molecule has 116 valence electrons. The normalized spacial score (nSPS) is 10.5. The third kappa shape index (κ3) is 3.33. The van der Waals surface area contributed by atoms with Crippen LogP contribution in [-0.4, -0.2) is 15.9 Å². The molecule has 0 unspecified atom stereocenters. The second kappa shape index (κ2) is 6.36. The molecule has 1 amide bonds. The Morgan fingerprint density at radius 1 is 1.30 bits per heavy atom. The van der Waals surface area contributed by atoms with Gasteiger partial charge in [0.1, 0.15) is 0 Å². The van der Waals surface area contributed by atoms with Crippen LogP contribution in [0, 0.1) is 6.92 Å². The van der Waals surface area contributed by atoms with Gasteiger partial charge in [0.05, 0.1) is 21.6 Å². The number of aryl methyl sites for hydroxylation is 1. The molecule has 0 saturated carbocycles. The molecule has 2 N–H and O–H groups in total. The van der Waals surface area contributed by atoms with Gasteiger partial charge in [0, 0.05) is 0 Å². The van der Waals surface area contributed by atoms with Crippen LogP contribution < -0.4 is 10.6 Å². The van der Waals surface area contributed by atoms with Crippen molar-refractivity contribution in [3.63, 3.8) is 0 Å². The molecule has 1 aromatic carbocycles. The lowest BCUT2D eigenvalue weighted by Crippen LogP contribution is -2.09. The standard InChI is InChI=1S/C16H13ClN4OS/c1-3-13(22)18-10-5-4-9(2)8-12(10)19-15-14-11(6-7-23-14)20-16(17)21-15/h3-8H,1H2,2H3,(H,18,22)(H,19,20,21). The highest BCUT2D eigenvalue weighted by molar-refractivity contribution is 7.17. The van der Waals surface area contributed by atoms with Crippen LogP contribution in [0.1, 0.15) is 5.56 Å². The first-order valence-electron chi connectivity index (χ1n) is 6.78. The lowest BCUT2D eigenvalue weighted by atomic mass is 10.2. The summed E-state index contributed by atoms with van der Waals surface area (Å²) in [5, 5.41) is 8.11. The van der Waals surface area contributed by atoms with Crippen LogP contribution in [0.4, 0.5) is 17.2 Å². The minimum absolute atomic E-state index is 0.169. The molecule has 2 aromatic heterocycles. The van der Waals surface area contributed by atoms with Crippen molar-refractivity contribution in [1.82, 2.24) is 9.97 Å². The Morgan fingerprint density at radius 2 is 2.13 bits per heavy atom. The van der Waals surface area contributed by atoms with E-state index in [2.05, 4.69) is 27.2 Å². The van der Waals surface area contributed by atoms with Gasteiger partial charge in [-0.2, -0.15) is 4.98 Å². The Bertz CT molecular complexity index is 906. The van der Waals surface area contributed by atoms with Gasteiger partial charge >= 0.3 is 0 Å². The number of nitrogens with one attached hydrogen (secondary N) is 2. The molecule has 0 fully saturated rings. The first-order chi connectivity index (χ1) is 11.1. The van der Waals surface area contributed by atoms with E-state index in [0.29, 0.717) is 11.5 Å². The van der Waals surface area contributed by atoms with Crippen molar-refractivity contribution < 1.29 is 4.79 Å². The number of nitrogens with zero attached hydrogens (tertiary/aromatic N) is 2. The maximum absolute atomic E-state index is 11.6. The second-order valence-electron chi connectivity index (χ2n) is 4.84. The van der Waals surface area contributed by atoms with Gasteiger partial charge in [-0.05, 0) is 53.7 Å². The van der Waals surface area contributed by atoms with E-state index in [0.717, 1.165) is 21.5 Å². The molecule has 0 bridgehead atoms. The van der Waals surface area contributed by atoms with Crippen LogP contribution in [-0.2, 0) is 4.79 Å². The molecule has 2 heterocycles. The molecule has 23 heavy (non-hydrogen) atoms. The lowest BCUT2D eigenvalue weighted by molar-refractivity contribution is -0.111. The van der Waals surface area contributed by atoms with Crippen molar-refractivity contribution in [2.45, 2.75) is 6.92 Å². The highest BCUT2D eigenvalue weighted by atomic mass is 35.5. The molecule has 0 radical (unpaired) electrons. The minimum atomic E-state index is -0.279. The van der Waals surface area contributed by atoms with Gasteiger partial charge in [0.25, 0.3) is 0 Å².